The largest absolute Gasteiger partial charge is 0.491 e. The third kappa shape index (κ3) is 6.02. The molecule has 1 aromatic carbocycles. The minimum atomic E-state index is -0.139. The molecule has 2 rings (SSSR count). The fourth-order valence-corrected chi connectivity index (χ4v) is 3.58. The number of nitrogens with zero attached hydrogens (tertiary/aromatic N) is 2. The Labute approximate surface area is 162 Å². The van der Waals surface area contributed by atoms with E-state index in [0.29, 0.717) is 36.2 Å². The zero-order chi connectivity index (χ0) is 18.2. The second-order valence-electron chi connectivity index (χ2n) is 5.65. The lowest BCUT2D eigenvalue weighted by Crippen LogP contribution is -2.50. The van der Waals surface area contributed by atoms with Crippen molar-refractivity contribution in [1.82, 2.24) is 9.80 Å². The molecule has 1 fully saturated rings. The van der Waals surface area contributed by atoms with Gasteiger partial charge in [0.25, 0.3) is 0 Å². The summed E-state index contributed by atoms with van der Waals surface area (Å²) in [5, 5.41) is 3.45. The van der Waals surface area contributed by atoms with Crippen LogP contribution < -0.4 is 10.1 Å². The summed E-state index contributed by atoms with van der Waals surface area (Å²) in [4.78, 5) is 16.7. The first-order valence-corrected chi connectivity index (χ1v) is 9.70. The zero-order valence-corrected chi connectivity index (χ0v) is 17.0. The number of amides is 2. The summed E-state index contributed by atoms with van der Waals surface area (Å²) in [5.74, 6) is 0.593. The predicted octanol–water partition coefficient (Wildman–Crippen LogP) is 3.69. The molecular formula is C17H25BrClN3O3. The van der Waals surface area contributed by atoms with E-state index in [2.05, 4.69) is 26.1 Å². The fraction of sp³-hybridized carbons (Fsp3) is 0.588. The molecule has 1 aliphatic heterocycles. The molecular weight excluding hydrogens is 410 g/mol. The third-order valence-electron chi connectivity index (χ3n) is 3.95. The van der Waals surface area contributed by atoms with Crippen molar-refractivity contribution in [2.24, 2.45) is 0 Å². The maximum Gasteiger partial charge on any atom is 0.322 e. The molecule has 0 aliphatic carbocycles. The van der Waals surface area contributed by atoms with Crippen LogP contribution >= 0.6 is 27.5 Å². The Morgan fingerprint density at radius 2 is 1.96 bits per heavy atom. The first-order valence-electron chi connectivity index (χ1n) is 8.53. The lowest BCUT2D eigenvalue weighted by atomic mass is 10.3. The predicted molar refractivity (Wildman–Crippen MR) is 104 cm³/mol. The van der Waals surface area contributed by atoms with Gasteiger partial charge < -0.3 is 19.7 Å². The molecule has 0 aromatic heterocycles. The number of carbonyl (C=O) groups is 1. The summed E-state index contributed by atoms with van der Waals surface area (Å²) in [5.41, 5.74) is 0.574. The minimum absolute atomic E-state index is 0.139. The van der Waals surface area contributed by atoms with Crippen molar-refractivity contribution in [2.45, 2.75) is 13.8 Å². The lowest BCUT2D eigenvalue weighted by Gasteiger charge is -2.34. The Kier molecular flexibility index (Phi) is 8.29. The van der Waals surface area contributed by atoms with Gasteiger partial charge in [0.1, 0.15) is 0 Å². The van der Waals surface area contributed by atoms with Gasteiger partial charge in [-0.25, -0.2) is 4.79 Å². The molecule has 0 atom stereocenters. The molecule has 1 aromatic rings. The molecule has 1 N–H and O–H groups in total. The van der Waals surface area contributed by atoms with Crippen LogP contribution in [0.3, 0.4) is 0 Å². The van der Waals surface area contributed by atoms with Gasteiger partial charge in [0, 0.05) is 44.4 Å². The molecule has 0 saturated carbocycles. The second kappa shape index (κ2) is 10.2. The van der Waals surface area contributed by atoms with Gasteiger partial charge in [-0.3, -0.25) is 4.90 Å². The summed E-state index contributed by atoms with van der Waals surface area (Å²) >= 11 is 9.53. The van der Waals surface area contributed by atoms with Crippen molar-refractivity contribution in [3.05, 3.63) is 21.6 Å². The SMILES string of the molecule is CCOCCN1CCN(C(=O)Nc2cc(Cl)cc(Br)c2OCC)CC1. The van der Waals surface area contributed by atoms with Crippen LogP contribution in [-0.2, 0) is 4.74 Å². The lowest BCUT2D eigenvalue weighted by molar-refractivity contribution is 0.0901. The zero-order valence-electron chi connectivity index (χ0n) is 14.7. The van der Waals surface area contributed by atoms with Crippen LogP contribution in [0.2, 0.25) is 5.02 Å². The van der Waals surface area contributed by atoms with Crippen LogP contribution in [0.5, 0.6) is 5.75 Å². The van der Waals surface area contributed by atoms with Gasteiger partial charge in [0.15, 0.2) is 5.75 Å². The summed E-state index contributed by atoms with van der Waals surface area (Å²) in [7, 11) is 0. The average Bonchev–Trinajstić information content (AvgIpc) is 2.58. The molecule has 0 spiro atoms. The highest BCUT2D eigenvalue weighted by Gasteiger charge is 2.22. The highest BCUT2D eigenvalue weighted by molar-refractivity contribution is 9.10. The van der Waals surface area contributed by atoms with Crippen molar-refractivity contribution in [1.29, 1.82) is 0 Å². The molecule has 8 heteroatoms. The van der Waals surface area contributed by atoms with E-state index >= 15 is 0 Å². The third-order valence-corrected chi connectivity index (χ3v) is 4.76. The van der Waals surface area contributed by atoms with Gasteiger partial charge in [-0.15, -0.1) is 0 Å². The van der Waals surface area contributed by atoms with E-state index in [9.17, 15) is 4.79 Å². The Hall–Kier alpha value is -1.02. The Balaban J connectivity index is 1.93. The van der Waals surface area contributed by atoms with E-state index in [-0.39, 0.29) is 6.03 Å². The van der Waals surface area contributed by atoms with Gasteiger partial charge in [-0.05, 0) is 41.9 Å². The number of hydrogen-bond acceptors (Lipinski definition) is 4. The molecule has 25 heavy (non-hydrogen) atoms. The van der Waals surface area contributed by atoms with E-state index in [0.717, 1.165) is 37.3 Å². The number of benzene rings is 1. The van der Waals surface area contributed by atoms with Crippen LogP contribution in [0.15, 0.2) is 16.6 Å². The molecule has 2 amide bonds. The molecule has 1 aliphatic rings. The van der Waals surface area contributed by atoms with Crippen molar-refractivity contribution in [2.75, 3.05) is 57.9 Å². The molecule has 0 bridgehead atoms. The number of carbonyl (C=O) groups excluding carboxylic acids is 1. The molecule has 0 unspecified atom stereocenters. The van der Waals surface area contributed by atoms with E-state index in [4.69, 9.17) is 21.1 Å². The summed E-state index contributed by atoms with van der Waals surface area (Å²) < 4.78 is 11.7. The van der Waals surface area contributed by atoms with E-state index in [1.54, 1.807) is 12.1 Å². The summed E-state index contributed by atoms with van der Waals surface area (Å²) in [6.45, 7) is 9.82. The average molecular weight is 435 g/mol. The standard InChI is InChI=1S/C17H25BrClN3O3/c1-3-24-10-9-21-5-7-22(8-6-21)17(23)20-15-12-13(19)11-14(18)16(15)25-4-2/h11-12H,3-10H2,1-2H3,(H,20,23). The minimum Gasteiger partial charge on any atom is -0.491 e. The highest BCUT2D eigenvalue weighted by Crippen LogP contribution is 2.36. The number of halogens is 2. The Morgan fingerprint density at radius 3 is 2.60 bits per heavy atom. The maximum absolute atomic E-state index is 12.6. The highest BCUT2D eigenvalue weighted by atomic mass is 79.9. The molecule has 0 radical (unpaired) electrons. The summed E-state index contributed by atoms with van der Waals surface area (Å²) in [6, 6.07) is 3.31. The first kappa shape index (κ1) is 20.3. The van der Waals surface area contributed by atoms with Crippen LogP contribution in [-0.4, -0.2) is 68.4 Å². The van der Waals surface area contributed by atoms with E-state index in [1.807, 2.05) is 18.7 Å². The fourth-order valence-electron chi connectivity index (χ4n) is 2.65. The molecule has 1 saturated heterocycles. The Bertz CT molecular complexity index is 581. The maximum atomic E-state index is 12.6. The van der Waals surface area contributed by atoms with E-state index < -0.39 is 0 Å². The first-order chi connectivity index (χ1) is 12.0. The van der Waals surface area contributed by atoms with Gasteiger partial charge in [-0.2, -0.15) is 0 Å². The van der Waals surface area contributed by atoms with Crippen LogP contribution in [0.1, 0.15) is 13.8 Å². The number of urea groups is 1. The normalized spacial score (nSPS) is 15.3. The van der Waals surface area contributed by atoms with Crippen molar-refractivity contribution in [3.63, 3.8) is 0 Å². The van der Waals surface area contributed by atoms with Gasteiger partial charge >= 0.3 is 6.03 Å². The second-order valence-corrected chi connectivity index (χ2v) is 6.94. The topological polar surface area (TPSA) is 54.0 Å². The monoisotopic (exact) mass is 433 g/mol. The Morgan fingerprint density at radius 1 is 1.24 bits per heavy atom. The van der Waals surface area contributed by atoms with Crippen LogP contribution in [0.25, 0.3) is 0 Å². The number of ether oxygens (including phenoxy) is 2. The van der Waals surface area contributed by atoms with Crippen LogP contribution in [0, 0.1) is 0 Å². The van der Waals surface area contributed by atoms with Crippen LogP contribution in [0.4, 0.5) is 10.5 Å². The van der Waals surface area contributed by atoms with Crippen molar-refractivity contribution >= 4 is 39.2 Å². The quantitative estimate of drug-likeness (QED) is 0.665. The molecule has 6 nitrogen and oxygen atoms in total. The number of rotatable bonds is 7. The van der Waals surface area contributed by atoms with Gasteiger partial charge in [0.05, 0.1) is 23.4 Å². The van der Waals surface area contributed by atoms with Crippen molar-refractivity contribution in [3.8, 4) is 5.75 Å². The number of nitrogens with one attached hydrogen (secondary N) is 1. The van der Waals surface area contributed by atoms with Gasteiger partial charge in [0.2, 0.25) is 0 Å². The summed E-state index contributed by atoms with van der Waals surface area (Å²) in [6.07, 6.45) is 0. The van der Waals surface area contributed by atoms with Gasteiger partial charge in [-0.1, -0.05) is 11.6 Å². The van der Waals surface area contributed by atoms with Crippen molar-refractivity contribution < 1.29 is 14.3 Å². The molecule has 1 heterocycles. The number of hydrogen-bond donors (Lipinski definition) is 1. The molecule has 140 valence electrons. The van der Waals surface area contributed by atoms with E-state index in [1.165, 1.54) is 0 Å². The smallest absolute Gasteiger partial charge is 0.322 e. The number of piperazine rings is 1. The number of anilines is 1.